The zero-order chi connectivity index (χ0) is 16.5. The van der Waals surface area contributed by atoms with E-state index >= 15 is 0 Å². The van der Waals surface area contributed by atoms with Crippen LogP contribution in [0.4, 0.5) is 0 Å². The largest absolute Gasteiger partial charge is 0.481 e. The first-order valence-corrected chi connectivity index (χ1v) is 7.97. The first kappa shape index (κ1) is 18.4. The van der Waals surface area contributed by atoms with Gasteiger partial charge >= 0.3 is 5.97 Å². The summed E-state index contributed by atoms with van der Waals surface area (Å²) in [6.45, 7) is 5.58. The van der Waals surface area contributed by atoms with Crippen LogP contribution >= 0.6 is 0 Å². The smallest absolute Gasteiger partial charge is 0.305 e. The summed E-state index contributed by atoms with van der Waals surface area (Å²) in [5, 5.41) is 13.8. The lowest BCUT2D eigenvalue weighted by Crippen LogP contribution is -2.47. The molecule has 126 valence electrons. The fraction of sp³-hybridized carbons (Fsp3) is 0.800. The molecule has 3 N–H and O–H groups in total. The molecule has 1 rings (SSSR count). The van der Waals surface area contributed by atoms with Crippen molar-refractivity contribution in [1.29, 1.82) is 0 Å². The van der Waals surface area contributed by atoms with E-state index in [0.29, 0.717) is 6.04 Å². The molecule has 7 nitrogen and oxygen atoms in total. The Hall–Kier alpha value is -1.63. The Morgan fingerprint density at radius 1 is 1.23 bits per heavy atom. The summed E-state index contributed by atoms with van der Waals surface area (Å²) in [7, 11) is 0. The zero-order valence-corrected chi connectivity index (χ0v) is 13.4. The molecule has 22 heavy (non-hydrogen) atoms. The van der Waals surface area contributed by atoms with Crippen LogP contribution in [0.15, 0.2) is 0 Å². The van der Waals surface area contributed by atoms with Crippen molar-refractivity contribution in [2.75, 3.05) is 19.6 Å². The van der Waals surface area contributed by atoms with Crippen molar-refractivity contribution < 1.29 is 19.5 Å². The van der Waals surface area contributed by atoms with Crippen molar-refractivity contribution >= 4 is 17.8 Å². The Morgan fingerprint density at radius 3 is 2.55 bits per heavy atom. The van der Waals surface area contributed by atoms with Crippen LogP contribution in [0.5, 0.6) is 0 Å². The highest BCUT2D eigenvalue weighted by Gasteiger charge is 2.32. The van der Waals surface area contributed by atoms with Gasteiger partial charge in [-0.15, -0.1) is 0 Å². The Kier molecular flexibility index (Phi) is 7.87. The van der Waals surface area contributed by atoms with Gasteiger partial charge in [-0.1, -0.05) is 6.92 Å². The van der Waals surface area contributed by atoms with Gasteiger partial charge in [-0.3, -0.25) is 19.3 Å². The van der Waals surface area contributed by atoms with E-state index in [4.69, 9.17) is 5.11 Å². The number of carbonyl (C=O) groups is 3. The van der Waals surface area contributed by atoms with Crippen molar-refractivity contribution in [3.05, 3.63) is 0 Å². The maximum absolute atomic E-state index is 12.2. The number of carboxylic acid groups (broad SMARTS) is 1. The number of nitrogens with one attached hydrogen (secondary N) is 2. The van der Waals surface area contributed by atoms with Crippen LogP contribution in [0, 0.1) is 0 Å². The number of hydrogen-bond donors (Lipinski definition) is 3. The molecule has 1 aliphatic rings. The van der Waals surface area contributed by atoms with Crippen LogP contribution < -0.4 is 10.6 Å². The normalized spacial score (nSPS) is 19.6. The second-order valence-electron chi connectivity index (χ2n) is 5.69. The summed E-state index contributed by atoms with van der Waals surface area (Å²) in [4.78, 5) is 36.2. The van der Waals surface area contributed by atoms with Gasteiger partial charge in [0.05, 0.1) is 12.5 Å². The molecule has 0 aromatic rings. The molecule has 0 radical (unpaired) electrons. The second-order valence-corrected chi connectivity index (χ2v) is 5.69. The molecule has 0 aromatic carbocycles. The second kappa shape index (κ2) is 9.40. The van der Waals surface area contributed by atoms with E-state index < -0.39 is 5.97 Å². The van der Waals surface area contributed by atoms with Crippen LogP contribution in [0.3, 0.4) is 0 Å². The van der Waals surface area contributed by atoms with Crippen LogP contribution in [0.1, 0.15) is 46.0 Å². The summed E-state index contributed by atoms with van der Waals surface area (Å²) < 4.78 is 0. The predicted molar refractivity (Wildman–Crippen MR) is 82.4 cm³/mol. The zero-order valence-electron chi connectivity index (χ0n) is 13.4. The van der Waals surface area contributed by atoms with E-state index in [0.717, 1.165) is 25.8 Å². The van der Waals surface area contributed by atoms with Gasteiger partial charge in [0, 0.05) is 25.6 Å². The number of likely N-dealkylation sites (tertiary alicyclic amines) is 1. The van der Waals surface area contributed by atoms with Crippen LogP contribution in [-0.2, 0) is 14.4 Å². The number of hydrogen-bond acceptors (Lipinski definition) is 4. The molecule has 0 bridgehead atoms. The average Bonchev–Trinajstić information content (AvgIpc) is 2.95. The average molecular weight is 313 g/mol. The van der Waals surface area contributed by atoms with E-state index in [1.807, 2.05) is 0 Å². The summed E-state index contributed by atoms with van der Waals surface area (Å²) >= 11 is 0. The van der Waals surface area contributed by atoms with Gasteiger partial charge in [-0.25, -0.2) is 0 Å². The molecule has 1 saturated heterocycles. The van der Waals surface area contributed by atoms with Crippen molar-refractivity contribution in [2.24, 2.45) is 0 Å². The topological polar surface area (TPSA) is 98.7 Å². The first-order valence-electron chi connectivity index (χ1n) is 7.97. The van der Waals surface area contributed by atoms with Gasteiger partial charge in [0.1, 0.15) is 0 Å². The van der Waals surface area contributed by atoms with Gasteiger partial charge < -0.3 is 15.7 Å². The minimum absolute atomic E-state index is 0.0175. The standard InChI is InChI=1S/C15H27N3O4/c1-3-11(2)18-10-4-5-12(18)15(22)17-8-6-13(19)16-9-7-14(20)21/h11-12H,3-10H2,1-2H3,(H,16,19)(H,17,22)(H,20,21). The van der Waals surface area contributed by atoms with Gasteiger partial charge in [0.2, 0.25) is 11.8 Å². The molecule has 0 spiro atoms. The Labute approximate surface area is 131 Å². The van der Waals surface area contributed by atoms with Crippen LogP contribution in [0.2, 0.25) is 0 Å². The molecule has 2 amide bonds. The molecular weight excluding hydrogens is 286 g/mol. The summed E-state index contributed by atoms with van der Waals surface area (Å²) in [6.07, 6.45) is 2.97. The Bertz CT molecular complexity index is 400. The van der Waals surface area contributed by atoms with Crippen LogP contribution in [-0.4, -0.2) is 59.5 Å². The van der Waals surface area contributed by atoms with Gasteiger partial charge in [0.15, 0.2) is 0 Å². The highest BCUT2D eigenvalue weighted by Crippen LogP contribution is 2.21. The number of amides is 2. The number of carbonyl (C=O) groups excluding carboxylic acids is 2. The lowest BCUT2D eigenvalue weighted by atomic mass is 10.1. The lowest BCUT2D eigenvalue weighted by Gasteiger charge is -2.29. The number of carboxylic acids is 1. The quantitative estimate of drug-likeness (QED) is 0.570. The Balaban J connectivity index is 2.25. The molecule has 1 heterocycles. The molecule has 2 unspecified atom stereocenters. The molecule has 7 heteroatoms. The molecule has 2 atom stereocenters. The maximum Gasteiger partial charge on any atom is 0.305 e. The first-order chi connectivity index (χ1) is 10.5. The minimum Gasteiger partial charge on any atom is -0.481 e. The van der Waals surface area contributed by atoms with E-state index in [1.54, 1.807) is 0 Å². The minimum atomic E-state index is -0.944. The predicted octanol–water partition coefficient (Wildman–Crippen LogP) is 0.347. The third-order valence-electron chi connectivity index (χ3n) is 4.07. The SMILES string of the molecule is CCC(C)N1CCCC1C(=O)NCCC(=O)NCCC(=O)O. The van der Waals surface area contributed by atoms with Gasteiger partial charge in [-0.05, 0) is 32.7 Å². The highest BCUT2D eigenvalue weighted by molar-refractivity contribution is 5.83. The molecule has 1 aliphatic heterocycles. The third kappa shape index (κ3) is 6.01. The monoisotopic (exact) mass is 313 g/mol. The lowest BCUT2D eigenvalue weighted by molar-refractivity contribution is -0.137. The van der Waals surface area contributed by atoms with Crippen molar-refractivity contribution in [3.8, 4) is 0 Å². The van der Waals surface area contributed by atoms with Gasteiger partial charge in [-0.2, -0.15) is 0 Å². The van der Waals surface area contributed by atoms with Crippen molar-refractivity contribution in [2.45, 2.75) is 58.0 Å². The van der Waals surface area contributed by atoms with E-state index in [2.05, 4.69) is 29.4 Å². The maximum atomic E-state index is 12.2. The fourth-order valence-corrected chi connectivity index (χ4v) is 2.65. The highest BCUT2D eigenvalue weighted by atomic mass is 16.4. The molecule has 1 fully saturated rings. The molecule has 0 saturated carbocycles. The molecular formula is C15H27N3O4. The fourth-order valence-electron chi connectivity index (χ4n) is 2.65. The number of rotatable bonds is 9. The van der Waals surface area contributed by atoms with Crippen molar-refractivity contribution in [1.82, 2.24) is 15.5 Å². The van der Waals surface area contributed by atoms with E-state index in [1.165, 1.54) is 0 Å². The third-order valence-corrected chi connectivity index (χ3v) is 4.07. The number of nitrogens with zero attached hydrogens (tertiary/aromatic N) is 1. The Morgan fingerprint density at radius 2 is 1.91 bits per heavy atom. The van der Waals surface area contributed by atoms with Crippen LogP contribution in [0.25, 0.3) is 0 Å². The summed E-state index contributed by atoms with van der Waals surface area (Å²) in [5.74, 6) is -1.21. The summed E-state index contributed by atoms with van der Waals surface area (Å²) in [5.41, 5.74) is 0. The van der Waals surface area contributed by atoms with E-state index in [9.17, 15) is 14.4 Å². The molecule has 0 aromatic heterocycles. The van der Waals surface area contributed by atoms with Crippen molar-refractivity contribution in [3.63, 3.8) is 0 Å². The van der Waals surface area contributed by atoms with E-state index in [-0.39, 0.29) is 43.8 Å². The molecule has 0 aliphatic carbocycles. The van der Waals surface area contributed by atoms with Gasteiger partial charge in [0.25, 0.3) is 0 Å². The number of aliphatic carboxylic acids is 1. The summed E-state index contributed by atoms with van der Waals surface area (Å²) in [6, 6.07) is 0.294.